The standard InChI is InChI=1S/C27H27NO5/c1-2-18-33-28-26(23-6-4-3-5-7-23)20-32-25-15-10-22(11-16-25)19-31-24-13-8-21(9-14-24)12-17-27(29)30/h2-11,13-16H,1,12,17-20H2,(H,29,30)/b28-26+. The Morgan fingerprint density at radius 3 is 2.15 bits per heavy atom. The summed E-state index contributed by atoms with van der Waals surface area (Å²) in [4.78, 5) is 15.9. The molecular weight excluding hydrogens is 418 g/mol. The molecule has 0 saturated heterocycles. The van der Waals surface area contributed by atoms with Crippen LogP contribution in [-0.2, 0) is 22.7 Å². The normalized spacial score (nSPS) is 11.0. The molecule has 3 rings (SSSR count). The first-order chi connectivity index (χ1) is 16.1. The quantitative estimate of drug-likeness (QED) is 0.168. The molecule has 0 fully saturated rings. The Hall–Kier alpha value is -4.06. The zero-order valence-corrected chi connectivity index (χ0v) is 18.4. The van der Waals surface area contributed by atoms with Gasteiger partial charge in [0, 0.05) is 12.0 Å². The fourth-order valence-corrected chi connectivity index (χ4v) is 2.96. The highest BCUT2D eigenvalue weighted by Gasteiger charge is 2.07. The minimum Gasteiger partial charge on any atom is -0.489 e. The van der Waals surface area contributed by atoms with Gasteiger partial charge in [-0.15, -0.1) is 0 Å². The van der Waals surface area contributed by atoms with Crippen molar-refractivity contribution in [3.8, 4) is 11.5 Å². The highest BCUT2D eigenvalue weighted by Crippen LogP contribution is 2.17. The molecule has 0 saturated carbocycles. The number of hydrogen-bond donors (Lipinski definition) is 1. The summed E-state index contributed by atoms with van der Waals surface area (Å²) in [5.41, 5.74) is 3.60. The molecule has 0 heterocycles. The maximum absolute atomic E-state index is 10.7. The number of ether oxygens (including phenoxy) is 2. The molecule has 0 spiro atoms. The summed E-state index contributed by atoms with van der Waals surface area (Å²) in [5, 5.41) is 12.9. The van der Waals surface area contributed by atoms with Gasteiger partial charge in [-0.1, -0.05) is 72.4 Å². The molecule has 3 aromatic rings. The SMILES string of the molecule is C=CCO/N=C(\COc1ccc(COc2ccc(CCC(=O)O)cc2)cc1)c1ccccc1. The van der Waals surface area contributed by atoms with E-state index in [-0.39, 0.29) is 13.0 Å². The van der Waals surface area contributed by atoms with E-state index in [0.29, 0.717) is 31.1 Å². The predicted molar refractivity (Wildman–Crippen MR) is 128 cm³/mol. The van der Waals surface area contributed by atoms with Crippen LogP contribution < -0.4 is 9.47 Å². The third-order valence-electron chi connectivity index (χ3n) is 4.73. The molecule has 0 bridgehead atoms. The lowest BCUT2D eigenvalue weighted by Crippen LogP contribution is -2.14. The lowest BCUT2D eigenvalue weighted by Gasteiger charge is -2.11. The van der Waals surface area contributed by atoms with Crippen molar-refractivity contribution in [2.75, 3.05) is 13.2 Å². The number of benzene rings is 3. The molecule has 6 nitrogen and oxygen atoms in total. The van der Waals surface area contributed by atoms with E-state index in [1.807, 2.05) is 78.9 Å². The van der Waals surface area contributed by atoms with E-state index in [1.54, 1.807) is 6.08 Å². The zero-order valence-electron chi connectivity index (χ0n) is 18.4. The van der Waals surface area contributed by atoms with Crippen molar-refractivity contribution in [2.45, 2.75) is 19.4 Å². The van der Waals surface area contributed by atoms with Gasteiger partial charge in [0.1, 0.15) is 37.0 Å². The minimum atomic E-state index is -0.799. The lowest BCUT2D eigenvalue weighted by atomic mass is 10.1. The molecule has 1 N–H and O–H groups in total. The second-order valence-corrected chi connectivity index (χ2v) is 7.25. The van der Waals surface area contributed by atoms with Gasteiger partial charge in [0.2, 0.25) is 0 Å². The van der Waals surface area contributed by atoms with Gasteiger partial charge in [-0.25, -0.2) is 0 Å². The fourth-order valence-electron chi connectivity index (χ4n) is 2.96. The van der Waals surface area contributed by atoms with Crippen LogP contribution in [0, 0.1) is 0 Å². The van der Waals surface area contributed by atoms with Gasteiger partial charge in [-0.05, 0) is 41.8 Å². The molecular formula is C27H27NO5. The smallest absolute Gasteiger partial charge is 0.303 e. The highest BCUT2D eigenvalue weighted by atomic mass is 16.6. The largest absolute Gasteiger partial charge is 0.489 e. The Balaban J connectivity index is 1.51. The van der Waals surface area contributed by atoms with Gasteiger partial charge < -0.3 is 19.4 Å². The Morgan fingerprint density at radius 1 is 0.879 bits per heavy atom. The maximum Gasteiger partial charge on any atom is 0.303 e. The first-order valence-electron chi connectivity index (χ1n) is 10.6. The van der Waals surface area contributed by atoms with E-state index in [0.717, 1.165) is 22.4 Å². The number of oxime groups is 1. The van der Waals surface area contributed by atoms with Gasteiger partial charge in [-0.3, -0.25) is 4.79 Å². The number of aryl methyl sites for hydroxylation is 1. The highest BCUT2D eigenvalue weighted by molar-refractivity contribution is 6.01. The van der Waals surface area contributed by atoms with Crippen molar-refractivity contribution in [3.63, 3.8) is 0 Å². The molecule has 0 atom stereocenters. The average molecular weight is 446 g/mol. The summed E-state index contributed by atoms with van der Waals surface area (Å²) in [6.07, 6.45) is 2.27. The first kappa shape index (κ1) is 23.6. The third kappa shape index (κ3) is 8.18. The number of nitrogens with zero attached hydrogens (tertiary/aromatic N) is 1. The van der Waals surface area contributed by atoms with E-state index in [9.17, 15) is 4.79 Å². The van der Waals surface area contributed by atoms with Crippen LogP contribution in [0.2, 0.25) is 0 Å². The second kappa shape index (κ2) is 12.7. The van der Waals surface area contributed by atoms with Crippen LogP contribution in [0.15, 0.2) is 96.7 Å². The third-order valence-corrected chi connectivity index (χ3v) is 4.73. The molecule has 6 heteroatoms. The molecule has 0 aromatic heterocycles. The Labute approximate surface area is 193 Å². The van der Waals surface area contributed by atoms with Crippen molar-refractivity contribution in [1.29, 1.82) is 0 Å². The van der Waals surface area contributed by atoms with Crippen molar-refractivity contribution >= 4 is 11.7 Å². The van der Waals surface area contributed by atoms with Crippen LogP contribution in [0.1, 0.15) is 23.1 Å². The Morgan fingerprint density at radius 2 is 1.52 bits per heavy atom. The summed E-state index contributed by atoms with van der Waals surface area (Å²) < 4.78 is 11.7. The average Bonchev–Trinajstić information content (AvgIpc) is 2.85. The van der Waals surface area contributed by atoms with E-state index >= 15 is 0 Å². The van der Waals surface area contributed by atoms with E-state index < -0.39 is 5.97 Å². The second-order valence-electron chi connectivity index (χ2n) is 7.25. The molecule has 0 radical (unpaired) electrons. The van der Waals surface area contributed by atoms with Gasteiger partial charge in [0.15, 0.2) is 0 Å². The molecule has 0 aliphatic carbocycles. The Bertz CT molecular complexity index is 1040. The molecule has 170 valence electrons. The number of carbonyl (C=O) groups is 1. The van der Waals surface area contributed by atoms with Crippen LogP contribution in [0.25, 0.3) is 0 Å². The van der Waals surface area contributed by atoms with Crippen LogP contribution in [0.4, 0.5) is 0 Å². The number of rotatable bonds is 13. The number of hydrogen-bond acceptors (Lipinski definition) is 5. The van der Waals surface area contributed by atoms with Crippen LogP contribution >= 0.6 is 0 Å². The van der Waals surface area contributed by atoms with E-state index in [4.69, 9.17) is 19.4 Å². The van der Waals surface area contributed by atoms with Crippen LogP contribution in [0.3, 0.4) is 0 Å². The molecule has 0 unspecified atom stereocenters. The summed E-state index contributed by atoms with van der Waals surface area (Å²) in [6, 6.07) is 24.9. The van der Waals surface area contributed by atoms with Gasteiger partial charge >= 0.3 is 5.97 Å². The topological polar surface area (TPSA) is 77.3 Å². The predicted octanol–water partition coefficient (Wildman–Crippen LogP) is 5.27. The van der Waals surface area contributed by atoms with Crippen LogP contribution in [-0.4, -0.2) is 30.0 Å². The maximum atomic E-state index is 10.7. The van der Waals surface area contributed by atoms with Crippen LogP contribution in [0.5, 0.6) is 11.5 Å². The van der Waals surface area contributed by atoms with Gasteiger partial charge in [0.05, 0.1) is 0 Å². The fraction of sp³-hybridized carbons (Fsp3) is 0.185. The van der Waals surface area contributed by atoms with Gasteiger partial charge in [-0.2, -0.15) is 0 Å². The molecule has 3 aromatic carbocycles. The first-order valence-corrected chi connectivity index (χ1v) is 10.6. The summed E-state index contributed by atoms with van der Waals surface area (Å²) in [6.45, 7) is 4.64. The summed E-state index contributed by atoms with van der Waals surface area (Å²) in [5.74, 6) is 0.652. The van der Waals surface area contributed by atoms with Crippen molar-refractivity contribution in [3.05, 3.63) is 108 Å². The number of carboxylic acid groups (broad SMARTS) is 1. The molecule has 0 aliphatic rings. The van der Waals surface area contributed by atoms with Gasteiger partial charge in [0.25, 0.3) is 0 Å². The zero-order chi connectivity index (χ0) is 23.3. The molecule has 33 heavy (non-hydrogen) atoms. The van der Waals surface area contributed by atoms with E-state index in [1.165, 1.54) is 0 Å². The van der Waals surface area contributed by atoms with Crippen molar-refractivity contribution in [1.82, 2.24) is 0 Å². The van der Waals surface area contributed by atoms with Crippen molar-refractivity contribution in [2.24, 2.45) is 5.16 Å². The summed E-state index contributed by atoms with van der Waals surface area (Å²) in [7, 11) is 0. The van der Waals surface area contributed by atoms with Crippen molar-refractivity contribution < 1.29 is 24.2 Å². The number of aliphatic carboxylic acids is 1. The molecule has 0 aliphatic heterocycles. The summed E-state index contributed by atoms with van der Waals surface area (Å²) >= 11 is 0. The minimum absolute atomic E-state index is 0.120. The monoisotopic (exact) mass is 445 g/mol. The molecule has 0 amide bonds. The van der Waals surface area contributed by atoms with E-state index in [2.05, 4.69) is 11.7 Å². The number of carboxylic acids is 1. The Kier molecular flexibility index (Phi) is 9.09. The lowest BCUT2D eigenvalue weighted by molar-refractivity contribution is -0.136.